The quantitative estimate of drug-likeness (QED) is 0.772. The van der Waals surface area contributed by atoms with Crippen molar-refractivity contribution in [3.05, 3.63) is 34.5 Å². The average Bonchev–Trinajstić information content (AvgIpc) is 2.89. The molecule has 0 aliphatic carbocycles. The van der Waals surface area contributed by atoms with Gasteiger partial charge in [0, 0.05) is 13.0 Å². The monoisotopic (exact) mass is 267 g/mol. The van der Waals surface area contributed by atoms with Crippen LogP contribution in [0, 0.1) is 0 Å². The van der Waals surface area contributed by atoms with E-state index in [0.29, 0.717) is 13.0 Å². The van der Waals surface area contributed by atoms with Gasteiger partial charge in [-0.25, -0.2) is 0 Å². The third kappa shape index (κ3) is 4.27. The summed E-state index contributed by atoms with van der Waals surface area (Å²) >= 11 is 1.62. The number of carbonyl (C=O) groups is 1. The fourth-order valence-electron chi connectivity index (χ4n) is 1.78. The zero-order valence-corrected chi connectivity index (χ0v) is 11.8. The Morgan fingerprint density at radius 3 is 2.89 bits per heavy atom. The van der Waals surface area contributed by atoms with Crippen LogP contribution in [0.15, 0.2) is 29.0 Å². The molecule has 4 heteroatoms. The van der Waals surface area contributed by atoms with Crippen molar-refractivity contribution < 1.29 is 9.90 Å². The molecule has 100 valence electrons. The van der Waals surface area contributed by atoms with E-state index in [0.717, 1.165) is 12.0 Å². The molecule has 1 unspecified atom stereocenters. The molecule has 0 saturated heterocycles. The number of aliphatic hydroxyl groups is 1. The smallest absolute Gasteiger partial charge is 0.226 e. The first kappa shape index (κ1) is 14.9. The zero-order valence-electron chi connectivity index (χ0n) is 11.0. The topological polar surface area (TPSA) is 40.5 Å². The van der Waals surface area contributed by atoms with Gasteiger partial charge >= 0.3 is 0 Å². The van der Waals surface area contributed by atoms with Crippen molar-refractivity contribution in [2.45, 2.75) is 39.3 Å². The van der Waals surface area contributed by atoms with Crippen LogP contribution in [0.25, 0.3) is 0 Å². The van der Waals surface area contributed by atoms with Crippen LogP contribution in [0.1, 0.15) is 32.3 Å². The van der Waals surface area contributed by atoms with Crippen molar-refractivity contribution in [1.29, 1.82) is 0 Å². The fourth-order valence-corrected chi connectivity index (χ4v) is 2.44. The van der Waals surface area contributed by atoms with Crippen LogP contribution < -0.4 is 0 Å². The van der Waals surface area contributed by atoms with E-state index in [2.05, 4.69) is 0 Å². The normalized spacial score (nSPS) is 12.8. The van der Waals surface area contributed by atoms with Gasteiger partial charge in [0.1, 0.15) is 0 Å². The van der Waals surface area contributed by atoms with E-state index in [1.807, 2.05) is 42.8 Å². The Labute approximate surface area is 113 Å². The van der Waals surface area contributed by atoms with Gasteiger partial charge in [0.25, 0.3) is 0 Å². The van der Waals surface area contributed by atoms with E-state index in [4.69, 9.17) is 0 Å². The van der Waals surface area contributed by atoms with Crippen molar-refractivity contribution in [1.82, 2.24) is 4.90 Å². The van der Waals surface area contributed by atoms with Crippen molar-refractivity contribution in [3.63, 3.8) is 0 Å². The number of nitrogens with zero attached hydrogens (tertiary/aromatic N) is 1. The molecule has 0 aliphatic rings. The Morgan fingerprint density at radius 1 is 1.61 bits per heavy atom. The maximum Gasteiger partial charge on any atom is 0.226 e. The number of allylic oxidation sites excluding steroid dienone is 1. The maximum atomic E-state index is 12.2. The highest BCUT2D eigenvalue weighted by Gasteiger charge is 2.21. The van der Waals surface area contributed by atoms with Crippen LogP contribution in [-0.2, 0) is 11.3 Å². The van der Waals surface area contributed by atoms with E-state index in [1.165, 1.54) is 0 Å². The van der Waals surface area contributed by atoms with Gasteiger partial charge in [-0.15, -0.1) is 0 Å². The number of hydrogen-bond acceptors (Lipinski definition) is 3. The molecule has 0 bridgehead atoms. The molecule has 1 N–H and O–H groups in total. The molecular formula is C14H21NO2S. The molecule has 0 radical (unpaired) electrons. The Morgan fingerprint density at radius 2 is 2.39 bits per heavy atom. The SMILES string of the molecule is C/C=C/CC(=O)N(Cc1ccsc1)C(CC)CO. The van der Waals surface area contributed by atoms with E-state index >= 15 is 0 Å². The van der Waals surface area contributed by atoms with Crippen molar-refractivity contribution in [3.8, 4) is 0 Å². The van der Waals surface area contributed by atoms with Gasteiger partial charge in [0.15, 0.2) is 0 Å². The molecule has 1 atom stereocenters. The van der Waals surface area contributed by atoms with Gasteiger partial charge in [0.05, 0.1) is 12.6 Å². The summed E-state index contributed by atoms with van der Waals surface area (Å²) in [6.07, 6.45) is 4.90. The first-order valence-corrected chi connectivity index (χ1v) is 7.19. The second kappa shape index (κ2) is 8.06. The highest BCUT2D eigenvalue weighted by atomic mass is 32.1. The molecule has 0 aliphatic heterocycles. The van der Waals surface area contributed by atoms with Crippen LogP contribution in [0.2, 0.25) is 0 Å². The largest absolute Gasteiger partial charge is 0.394 e. The number of carbonyl (C=O) groups excluding carboxylic acids is 1. The predicted molar refractivity (Wildman–Crippen MR) is 75.5 cm³/mol. The van der Waals surface area contributed by atoms with E-state index < -0.39 is 0 Å². The number of hydrogen-bond donors (Lipinski definition) is 1. The van der Waals surface area contributed by atoms with Crippen LogP contribution in [0.5, 0.6) is 0 Å². The minimum absolute atomic E-state index is 0.0161. The van der Waals surface area contributed by atoms with Crippen molar-refractivity contribution in [2.24, 2.45) is 0 Å². The van der Waals surface area contributed by atoms with Crippen LogP contribution >= 0.6 is 11.3 Å². The third-order valence-electron chi connectivity index (χ3n) is 2.90. The molecule has 1 heterocycles. The van der Waals surface area contributed by atoms with Crippen molar-refractivity contribution in [2.75, 3.05) is 6.61 Å². The maximum absolute atomic E-state index is 12.2. The van der Waals surface area contributed by atoms with Gasteiger partial charge in [-0.3, -0.25) is 4.79 Å². The van der Waals surface area contributed by atoms with Gasteiger partial charge in [-0.2, -0.15) is 11.3 Å². The Kier molecular flexibility index (Phi) is 6.68. The second-order valence-electron chi connectivity index (χ2n) is 4.17. The van der Waals surface area contributed by atoms with Crippen LogP contribution in [0.3, 0.4) is 0 Å². The minimum atomic E-state index is -0.0948. The van der Waals surface area contributed by atoms with Gasteiger partial charge in [-0.05, 0) is 35.7 Å². The average molecular weight is 267 g/mol. The fraction of sp³-hybridized carbons (Fsp3) is 0.500. The highest BCUT2D eigenvalue weighted by molar-refractivity contribution is 7.07. The molecule has 0 fully saturated rings. The highest BCUT2D eigenvalue weighted by Crippen LogP contribution is 2.15. The van der Waals surface area contributed by atoms with Crippen LogP contribution in [0.4, 0.5) is 0 Å². The summed E-state index contributed by atoms with van der Waals surface area (Å²) in [4.78, 5) is 13.9. The zero-order chi connectivity index (χ0) is 13.4. The number of thiophene rings is 1. The minimum Gasteiger partial charge on any atom is -0.394 e. The molecule has 0 saturated carbocycles. The lowest BCUT2D eigenvalue weighted by atomic mass is 10.1. The summed E-state index contributed by atoms with van der Waals surface area (Å²) in [7, 11) is 0. The summed E-state index contributed by atoms with van der Waals surface area (Å²) in [5.41, 5.74) is 1.13. The van der Waals surface area contributed by atoms with E-state index in [-0.39, 0.29) is 18.6 Å². The summed E-state index contributed by atoms with van der Waals surface area (Å²) in [5, 5.41) is 13.4. The van der Waals surface area contributed by atoms with Gasteiger partial charge in [-0.1, -0.05) is 19.1 Å². The molecule has 1 rings (SSSR count). The molecule has 1 aromatic heterocycles. The van der Waals surface area contributed by atoms with Gasteiger partial charge < -0.3 is 10.0 Å². The number of rotatable bonds is 7. The lowest BCUT2D eigenvalue weighted by Gasteiger charge is -2.29. The first-order valence-electron chi connectivity index (χ1n) is 6.25. The molecule has 1 amide bonds. The molecule has 18 heavy (non-hydrogen) atoms. The lowest BCUT2D eigenvalue weighted by molar-refractivity contribution is -0.134. The Hall–Kier alpha value is -1.13. The lowest BCUT2D eigenvalue weighted by Crippen LogP contribution is -2.41. The molecule has 3 nitrogen and oxygen atoms in total. The van der Waals surface area contributed by atoms with Gasteiger partial charge in [0.2, 0.25) is 5.91 Å². The first-order chi connectivity index (χ1) is 8.72. The molecule has 0 spiro atoms. The number of amides is 1. The predicted octanol–water partition coefficient (Wildman–Crippen LogP) is 2.81. The number of aliphatic hydroxyl groups excluding tert-OH is 1. The summed E-state index contributed by atoms with van der Waals surface area (Å²) in [6, 6.07) is 1.92. The van der Waals surface area contributed by atoms with E-state index in [9.17, 15) is 9.90 Å². The third-order valence-corrected chi connectivity index (χ3v) is 3.64. The molecule has 0 aromatic carbocycles. The standard InChI is InChI=1S/C14H21NO2S/c1-3-5-6-14(17)15(13(4-2)10-16)9-12-7-8-18-11-12/h3,5,7-8,11,13,16H,4,6,9-10H2,1-2H3/b5-3+. The summed E-state index contributed by atoms with van der Waals surface area (Å²) < 4.78 is 0. The Bertz CT molecular complexity index is 369. The second-order valence-corrected chi connectivity index (χ2v) is 4.95. The molecule has 1 aromatic rings. The van der Waals surface area contributed by atoms with Crippen molar-refractivity contribution >= 4 is 17.2 Å². The van der Waals surface area contributed by atoms with Crippen LogP contribution in [-0.4, -0.2) is 28.6 Å². The summed E-state index contributed by atoms with van der Waals surface area (Å²) in [6.45, 7) is 4.49. The Balaban J connectivity index is 2.76. The summed E-state index contributed by atoms with van der Waals surface area (Å²) in [5.74, 6) is 0.0696. The molecular weight excluding hydrogens is 246 g/mol. The van der Waals surface area contributed by atoms with E-state index in [1.54, 1.807) is 16.2 Å².